The van der Waals surface area contributed by atoms with Crippen molar-refractivity contribution in [1.82, 2.24) is 15.6 Å². The number of pyridine rings is 1. The largest absolute Gasteiger partial charge is 0.390 e. The van der Waals surface area contributed by atoms with Gasteiger partial charge in [0.2, 0.25) is 0 Å². The Kier molecular flexibility index (Phi) is 7.53. The number of halogens is 4. The minimum absolute atomic E-state index is 0. The van der Waals surface area contributed by atoms with Gasteiger partial charge in [-0.1, -0.05) is 24.3 Å². The summed E-state index contributed by atoms with van der Waals surface area (Å²) in [7, 11) is 1.51. The van der Waals surface area contributed by atoms with Crippen LogP contribution in [0.5, 0.6) is 0 Å². The molecule has 2 rings (SSSR count). The fourth-order valence-corrected chi connectivity index (χ4v) is 2.03. The molecule has 1 aromatic heterocycles. The molecule has 0 fully saturated rings. The lowest BCUT2D eigenvalue weighted by molar-refractivity contribution is -0.132. The highest BCUT2D eigenvalue weighted by Gasteiger charge is 2.26. The normalized spacial score (nSPS) is 11.9. The van der Waals surface area contributed by atoms with Crippen LogP contribution in [0.1, 0.15) is 12.1 Å². The molecule has 0 bridgehead atoms. The molecular weight excluding hydrogens is 420 g/mol. The molecule has 0 aliphatic carbocycles. The molecule has 1 aromatic carbocycles. The summed E-state index contributed by atoms with van der Waals surface area (Å²) in [6.45, 7) is 0.166. The number of hydrogen-bond acceptors (Lipinski definition) is 2. The molecule has 0 spiro atoms. The Morgan fingerprint density at radius 1 is 1.17 bits per heavy atom. The van der Waals surface area contributed by atoms with Gasteiger partial charge in [-0.15, -0.1) is 24.0 Å². The first-order valence-corrected chi connectivity index (χ1v) is 6.83. The van der Waals surface area contributed by atoms with Crippen LogP contribution in [0.25, 0.3) is 10.8 Å². The Hall–Kier alpha value is -1.58. The molecule has 0 unspecified atom stereocenters. The number of nitrogens with one attached hydrogen (secondary N) is 2. The van der Waals surface area contributed by atoms with E-state index >= 15 is 0 Å². The summed E-state index contributed by atoms with van der Waals surface area (Å²) in [5, 5.41) is 7.68. The Labute approximate surface area is 149 Å². The lowest BCUT2D eigenvalue weighted by atomic mass is 10.1. The zero-order valence-electron chi connectivity index (χ0n) is 12.5. The monoisotopic (exact) mass is 438 g/mol. The molecule has 4 nitrogen and oxygen atoms in total. The van der Waals surface area contributed by atoms with E-state index in [9.17, 15) is 13.2 Å². The van der Waals surface area contributed by atoms with Gasteiger partial charge in [0.25, 0.3) is 0 Å². The van der Waals surface area contributed by atoms with Crippen molar-refractivity contribution in [3.8, 4) is 0 Å². The maximum absolute atomic E-state index is 12.1. The van der Waals surface area contributed by atoms with E-state index in [0.717, 1.165) is 16.5 Å². The average molecular weight is 438 g/mol. The zero-order chi connectivity index (χ0) is 16.0. The molecule has 0 aliphatic heterocycles. The predicted octanol–water partition coefficient (Wildman–Crippen LogP) is 3.47. The summed E-state index contributed by atoms with van der Waals surface area (Å²) in [4.78, 5) is 8.21. The van der Waals surface area contributed by atoms with Crippen molar-refractivity contribution in [1.29, 1.82) is 0 Å². The van der Waals surface area contributed by atoms with Crippen molar-refractivity contribution in [3.05, 3.63) is 42.2 Å². The van der Waals surface area contributed by atoms with Crippen molar-refractivity contribution in [2.75, 3.05) is 13.6 Å². The molecular formula is C15H18F3IN4. The van der Waals surface area contributed by atoms with Gasteiger partial charge < -0.3 is 10.6 Å². The summed E-state index contributed by atoms with van der Waals surface area (Å²) < 4.78 is 36.4. The minimum Gasteiger partial charge on any atom is -0.356 e. The van der Waals surface area contributed by atoms with Crippen LogP contribution in [0.15, 0.2) is 41.5 Å². The first-order valence-electron chi connectivity index (χ1n) is 6.83. The number of guanidine groups is 1. The number of alkyl halides is 3. The molecule has 8 heteroatoms. The second kappa shape index (κ2) is 8.90. The third-order valence-electron chi connectivity index (χ3n) is 3.10. The van der Waals surface area contributed by atoms with Crippen LogP contribution >= 0.6 is 24.0 Å². The van der Waals surface area contributed by atoms with Crippen LogP contribution in [0.4, 0.5) is 13.2 Å². The van der Waals surface area contributed by atoms with Crippen LogP contribution in [0.2, 0.25) is 0 Å². The van der Waals surface area contributed by atoms with E-state index in [1.165, 1.54) is 7.05 Å². The molecule has 0 radical (unpaired) electrons. The number of hydrogen-bond donors (Lipinski definition) is 2. The van der Waals surface area contributed by atoms with E-state index in [1.54, 1.807) is 6.20 Å². The summed E-state index contributed by atoms with van der Waals surface area (Å²) in [6, 6.07) is 9.71. The molecule has 0 amide bonds. The Morgan fingerprint density at radius 2 is 1.91 bits per heavy atom. The molecule has 0 saturated carbocycles. The highest BCUT2D eigenvalue weighted by Crippen LogP contribution is 2.18. The first-order chi connectivity index (χ1) is 10.5. The van der Waals surface area contributed by atoms with Gasteiger partial charge in [-0.05, 0) is 11.5 Å². The van der Waals surface area contributed by atoms with Gasteiger partial charge in [0, 0.05) is 25.2 Å². The fourth-order valence-electron chi connectivity index (χ4n) is 2.03. The van der Waals surface area contributed by atoms with E-state index < -0.39 is 12.6 Å². The Morgan fingerprint density at radius 3 is 2.61 bits per heavy atom. The first kappa shape index (κ1) is 19.5. The van der Waals surface area contributed by atoms with Crippen molar-refractivity contribution in [2.45, 2.75) is 19.1 Å². The number of nitrogens with zero attached hydrogens (tertiary/aromatic N) is 2. The van der Waals surface area contributed by atoms with Gasteiger partial charge in [-0.3, -0.25) is 9.98 Å². The molecule has 2 aromatic rings. The van der Waals surface area contributed by atoms with Crippen LogP contribution in [-0.4, -0.2) is 30.7 Å². The fraction of sp³-hybridized carbons (Fsp3) is 0.333. The van der Waals surface area contributed by atoms with Gasteiger partial charge in [0.15, 0.2) is 5.96 Å². The van der Waals surface area contributed by atoms with Gasteiger partial charge in [-0.25, -0.2) is 0 Å². The van der Waals surface area contributed by atoms with Crippen LogP contribution in [0, 0.1) is 0 Å². The summed E-state index contributed by atoms with van der Waals surface area (Å²) >= 11 is 0. The van der Waals surface area contributed by atoms with Crippen molar-refractivity contribution in [2.24, 2.45) is 4.99 Å². The molecule has 23 heavy (non-hydrogen) atoms. The number of aromatic nitrogens is 1. The topological polar surface area (TPSA) is 49.3 Å². The number of rotatable bonds is 4. The summed E-state index contributed by atoms with van der Waals surface area (Å²) in [6.07, 6.45) is -3.37. The minimum atomic E-state index is -4.18. The van der Waals surface area contributed by atoms with Crippen LogP contribution < -0.4 is 10.6 Å². The van der Waals surface area contributed by atoms with Crippen molar-refractivity contribution in [3.63, 3.8) is 0 Å². The van der Waals surface area contributed by atoms with E-state index in [-0.39, 0.29) is 30.5 Å². The number of fused-ring (bicyclic) bond motifs is 1. The standard InChI is InChI=1S/C15H17F3N4.HI/c1-19-14(21-9-7-15(16,17)18)22-10-13-12-5-3-2-4-11(12)6-8-20-13;/h2-6,8H,7,9-10H2,1H3,(H2,19,21,22);1H. The van der Waals surface area contributed by atoms with Crippen LogP contribution in [0.3, 0.4) is 0 Å². The molecule has 0 aliphatic rings. The van der Waals surface area contributed by atoms with Gasteiger partial charge in [-0.2, -0.15) is 13.2 Å². The number of aliphatic imine (C=N–C) groups is 1. The van der Waals surface area contributed by atoms with E-state index in [0.29, 0.717) is 12.5 Å². The summed E-state index contributed by atoms with van der Waals surface area (Å²) in [5.74, 6) is 0.319. The molecule has 0 atom stereocenters. The molecule has 1 heterocycles. The lowest BCUT2D eigenvalue weighted by Gasteiger charge is -2.13. The van der Waals surface area contributed by atoms with Crippen LogP contribution in [-0.2, 0) is 6.54 Å². The van der Waals surface area contributed by atoms with Crippen molar-refractivity contribution < 1.29 is 13.2 Å². The highest BCUT2D eigenvalue weighted by molar-refractivity contribution is 14.0. The second-order valence-electron chi connectivity index (χ2n) is 4.70. The van der Waals surface area contributed by atoms with Gasteiger partial charge >= 0.3 is 6.18 Å². The van der Waals surface area contributed by atoms with Gasteiger partial charge in [0.1, 0.15) is 0 Å². The number of benzene rings is 1. The second-order valence-corrected chi connectivity index (χ2v) is 4.70. The highest BCUT2D eigenvalue weighted by atomic mass is 127. The van der Waals surface area contributed by atoms with Crippen molar-refractivity contribution >= 4 is 40.7 Å². The third-order valence-corrected chi connectivity index (χ3v) is 3.10. The molecule has 2 N–H and O–H groups in total. The smallest absolute Gasteiger partial charge is 0.356 e. The quantitative estimate of drug-likeness (QED) is 0.437. The SMILES string of the molecule is CN=C(NCCC(F)(F)F)NCc1nccc2ccccc12.I. The predicted molar refractivity (Wildman–Crippen MR) is 96.0 cm³/mol. The maximum Gasteiger partial charge on any atom is 0.390 e. The van der Waals surface area contributed by atoms with E-state index in [1.807, 2.05) is 30.3 Å². The van der Waals surface area contributed by atoms with E-state index in [4.69, 9.17) is 0 Å². The maximum atomic E-state index is 12.1. The lowest BCUT2D eigenvalue weighted by Crippen LogP contribution is -2.38. The van der Waals surface area contributed by atoms with Gasteiger partial charge in [0.05, 0.1) is 18.7 Å². The Bertz CT molecular complexity index is 653. The molecule has 0 saturated heterocycles. The van der Waals surface area contributed by atoms with E-state index in [2.05, 4.69) is 20.6 Å². The zero-order valence-corrected chi connectivity index (χ0v) is 14.9. The molecule has 126 valence electrons. The summed E-state index contributed by atoms with van der Waals surface area (Å²) in [5.41, 5.74) is 0.817. The third kappa shape index (κ3) is 6.20. The Balaban J connectivity index is 0.00000264. The average Bonchev–Trinajstić information content (AvgIpc) is 2.49.